The Morgan fingerprint density at radius 3 is 2.47 bits per heavy atom. The Morgan fingerprint density at radius 1 is 1.17 bits per heavy atom. The lowest BCUT2D eigenvalue weighted by molar-refractivity contribution is -0.589. The maximum atomic E-state index is 13.0. The second-order valence-corrected chi connectivity index (χ2v) is 9.76. The Balaban J connectivity index is 1.65. The maximum absolute atomic E-state index is 13.0. The van der Waals surface area contributed by atoms with Crippen molar-refractivity contribution in [2.45, 2.75) is 57.5 Å². The van der Waals surface area contributed by atoms with Gasteiger partial charge in [0.25, 0.3) is 6.43 Å². The Hall–Kier alpha value is -2.49. The number of halogens is 2. The van der Waals surface area contributed by atoms with Crippen LogP contribution in [-0.2, 0) is 5.41 Å². The number of hydrogen-bond donors (Lipinski definition) is 0. The third kappa shape index (κ3) is 3.08. The summed E-state index contributed by atoms with van der Waals surface area (Å²) in [5.74, 6) is 0.457. The molecule has 0 aromatic carbocycles. The van der Waals surface area contributed by atoms with Gasteiger partial charge in [0.2, 0.25) is 0 Å². The highest BCUT2D eigenvalue weighted by atomic mass is 32.1. The molecule has 1 unspecified atom stereocenters. The quantitative estimate of drug-likeness (QED) is 0.590. The van der Waals surface area contributed by atoms with E-state index in [0.717, 1.165) is 43.0 Å². The Kier molecular flexibility index (Phi) is 4.39. The molecule has 7 nitrogen and oxygen atoms in total. The minimum atomic E-state index is -2.64. The van der Waals surface area contributed by atoms with Crippen molar-refractivity contribution >= 4 is 29.4 Å². The molecule has 3 aromatic rings. The number of rotatable bonds is 4. The van der Waals surface area contributed by atoms with Crippen molar-refractivity contribution in [1.82, 2.24) is 24.8 Å². The van der Waals surface area contributed by atoms with Crippen molar-refractivity contribution in [2.24, 2.45) is 0 Å². The van der Waals surface area contributed by atoms with Crippen molar-refractivity contribution < 1.29 is 13.4 Å². The summed E-state index contributed by atoms with van der Waals surface area (Å²) in [7, 11) is 0. The first-order chi connectivity index (χ1) is 14.3. The Labute approximate surface area is 177 Å². The van der Waals surface area contributed by atoms with Crippen LogP contribution in [0.2, 0.25) is 0 Å². The Morgan fingerprint density at radius 2 is 1.87 bits per heavy atom. The normalized spacial score (nSPS) is 23.5. The van der Waals surface area contributed by atoms with Crippen molar-refractivity contribution in [3.63, 3.8) is 0 Å². The summed E-state index contributed by atoms with van der Waals surface area (Å²) in [6.45, 7) is 12.4. The number of hydrogen-bond acceptors (Lipinski definition) is 6. The molecule has 10 heteroatoms. The van der Waals surface area contributed by atoms with Crippen molar-refractivity contribution in [2.75, 3.05) is 18.0 Å². The highest BCUT2D eigenvalue weighted by Gasteiger charge is 2.41. The van der Waals surface area contributed by atoms with Crippen LogP contribution in [0.25, 0.3) is 16.5 Å². The second kappa shape index (κ2) is 6.76. The van der Waals surface area contributed by atoms with E-state index in [-0.39, 0.29) is 10.4 Å². The molecule has 2 fully saturated rings. The smallest absolute Gasteiger partial charge is 0.291 e. The number of alkyl halides is 2. The van der Waals surface area contributed by atoms with Crippen LogP contribution in [0.5, 0.6) is 0 Å². The molecule has 0 spiro atoms. The van der Waals surface area contributed by atoms with Gasteiger partial charge in [-0.25, -0.2) is 13.4 Å². The summed E-state index contributed by atoms with van der Waals surface area (Å²) in [6, 6.07) is 2.82. The van der Waals surface area contributed by atoms with E-state index < -0.39 is 6.43 Å². The number of aromatic nitrogens is 5. The number of pyridine rings is 1. The zero-order chi connectivity index (χ0) is 21.2. The minimum absolute atomic E-state index is 0.130. The summed E-state index contributed by atoms with van der Waals surface area (Å²) in [5, 5.41) is 16.4. The summed E-state index contributed by atoms with van der Waals surface area (Å²) in [5.41, 5.74) is 3.07. The molecule has 0 radical (unpaired) electrons. The third-order valence-electron chi connectivity index (χ3n) is 6.44. The molecule has 30 heavy (non-hydrogen) atoms. The van der Waals surface area contributed by atoms with Gasteiger partial charge in [-0.3, -0.25) is 4.40 Å². The van der Waals surface area contributed by atoms with Gasteiger partial charge >= 0.3 is 0 Å². The summed E-state index contributed by atoms with van der Waals surface area (Å²) in [6.07, 6.45) is 1.65. The molecule has 158 valence electrons. The molecule has 0 N–H and O–H groups in total. The maximum Gasteiger partial charge on any atom is 0.291 e. The lowest BCUT2D eigenvalue weighted by Gasteiger charge is -2.34. The summed E-state index contributed by atoms with van der Waals surface area (Å²) in [4.78, 5) is 2.34. The average molecular weight is 433 g/mol. The van der Waals surface area contributed by atoms with Gasteiger partial charge in [-0.1, -0.05) is 18.3 Å². The molecular weight excluding hydrogens is 408 g/mol. The van der Waals surface area contributed by atoms with Gasteiger partial charge in [-0.15, -0.1) is 20.4 Å². The monoisotopic (exact) mass is 432 g/mol. The lowest BCUT2D eigenvalue weighted by atomic mass is 9.99. The van der Waals surface area contributed by atoms with Crippen LogP contribution in [0.15, 0.2) is 12.3 Å². The first kappa shape index (κ1) is 19.5. The minimum Gasteiger partial charge on any atom is -0.355 e. The lowest BCUT2D eigenvalue weighted by Crippen LogP contribution is -2.52. The zero-order valence-corrected chi connectivity index (χ0v) is 18.0. The van der Waals surface area contributed by atoms with Crippen LogP contribution in [0.1, 0.15) is 50.6 Å². The summed E-state index contributed by atoms with van der Waals surface area (Å²) < 4.78 is 30.1. The molecule has 0 bridgehead atoms. The highest BCUT2D eigenvalue weighted by Crippen LogP contribution is 2.49. The predicted octanol–water partition coefficient (Wildman–Crippen LogP) is 3.55. The first-order valence-electron chi connectivity index (χ1n) is 10.1. The zero-order valence-electron chi connectivity index (χ0n) is 17.2. The molecule has 1 saturated carbocycles. The molecule has 2 aliphatic rings. The largest absolute Gasteiger partial charge is 0.355 e. The average Bonchev–Trinajstić information content (AvgIpc) is 3.12. The van der Waals surface area contributed by atoms with Gasteiger partial charge in [0, 0.05) is 6.20 Å². The molecule has 4 heterocycles. The second-order valence-electron chi connectivity index (χ2n) is 8.76. The van der Waals surface area contributed by atoms with Crippen LogP contribution < -0.4 is 4.90 Å². The van der Waals surface area contributed by atoms with E-state index in [1.165, 1.54) is 5.56 Å². The van der Waals surface area contributed by atoms with E-state index in [0.29, 0.717) is 28.6 Å². The van der Waals surface area contributed by atoms with Gasteiger partial charge in [0.1, 0.15) is 6.72 Å². The van der Waals surface area contributed by atoms with Crippen LogP contribution in [0.4, 0.5) is 14.5 Å². The van der Waals surface area contributed by atoms with Crippen LogP contribution >= 0.6 is 11.3 Å². The van der Waals surface area contributed by atoms with E-state index in [9.17, 15) is 8.78 Å². The van der Waals surface area contributed by atoms with Crippen molar-refractivity contribution in [1.29, 1.82) is 0 Å². The van der Waals surface area contributed by atoms with Gasteiger partial charge < -0.3 is 4.90 Å². The molecule has 1 aliphatic heterocycles. The van der Waals surface area contributed by atoms with E-state index in [1.54, 1.807) is 0 Å². The van der Waals surface area contributed by atoms with Crippen LogP contribution in [0, 0.1) is 0 Å². The number of nitrogens with zero attached hydrogens (tertiary/aromatic N) is 7. The Bertz CT molecular complexity index is 1120. The fourth-order valence-corrected chi connectivity index (χ4v) is 4.81. The topological polar surface area (TPSA) is 62.2 Å². The number of fused-ring (bicyclic) bond motifs is 1. The van der Waals surface area contributed by atoms with Crippen molar-refractivity contribution in [3.05, 3.63) is 22.8 Å². The van der Waals surface area contributed by atoms with Gasteiger partial charge in [0.15, 0.2) is 33.6 Å². The molecular formula is C20H24F2N7S+. The van der Waals surface area contributed by atoms with Crippen LogP contribution in [-0.4, -0.2) is 61.3 Å². The SMILES string of the molecule is C=[N+]1C(C)CN(c2cc(C3(C)CC3)cn3c(-c4nnc(C(F)F)s4)nnc23)C[C@@H]1C. The highest BCUT2D eigenvalue weighted by molar-refractivity contribution is 7.14. The van der Waals surface area contributed by atoms with Gasteiger partial charge in [-0.2, -0.15) is 0 Å². The third-order valence-corrected chi connectivity index (χ3v) is 7.37. The molecule has 0 amide bonds. The molecule has 3 aromatic heterocycles. The van der Waals surface area contributed by atoms with Gasteiger partial charge in [-0.05, 0) is 43.7 Å². The fraction of sp³-hybridized carbons (Fsp3) is 0.550. The number of anilines is 1. The molecule has 1 saturated heterocycles. The van der Waals surface area contributed by atoms with E-state index in [4.69, 9.17) is 0 Å². The molecule has 1 aliphatic carbocycles. The van der Waals surface area contributed by atoms with E-state index in [2.05, 4.69) is 63.4 Å². The van der Waals surface area contributed by atoms with E-state index >= 15 is 0 Å². The first-order valence-corrected chi connectivity index (χ1v) is 10.9. The van der Waals surface area contributed by atoms with E-state index in [1.807, 2.05) is 10.6 Å². The standard InChI is InChI=1S/C20H24F2N7S/c1-11-8-28(9-12(2)27(11)4)14-7-13(20(3)5-6-20)10-29-16(14)23-24-17(29)19-26-25-18(30-19)15(21)22/h7,10-12,15H,4-6,8-9H2,1-3H3/q+1/t11-,12?/m0/s1. The summed E-state index contributed by atoms with van der Waals surface area (Å²) >= 11 is 0.861. The van der Waals surface area contributed by atoms with Crippen LogP contribution in [0.3, 0.4) is 0 Å². The number of piperazine rings is 1. The predicted molar refractivity (Wildman–Crippen MR) is 112 cm³/mol. The van der Waals surface area contributed by atoms with Gasteiger partial charge in [0.05, 0.1) is 18.8 Å². The molecule has 2 atom stereocenters. The fourth-order valence-electron chi connectivity index (χ4n) is 4.13. The molecule has 5 rings (SSSR count). The van der Waals surface area contributed by atoms with Crippen molar-refractivity contribution in [3.8, 4) is 10.8 Å².